The van der Waals surface area contributed by atoms with Gasteiger partial charge in [-0.05, 0) is 43.0 Å². The van der Waals surface area contributed by atoms with Gasteiger partial charge < -0.3 is 14.6 Å². The quantitative estimate of drug-likeness (QED) is 0.529. The molecule has 5 nitrogen and oxygen atoms in total. The Balaban J connectivity index is 1.33. The molecule has 5 heteroatoms. The Morgan fingerprint density at radius 2 is 1.79 bits per heavy atom. The van der Waals surface area contributed by atoms with Crippen LogP contribution in [-0.2, 0) is 22.5 Å². The third-order valence-corrected chi connectivity index (χ3v) is 4.57. The fraction of sp³-hybridized carbons (Fsp3) is 0.304. The molecule has 0 fully saturated rings. The summed E-state index contributed by atoms with van der Waals surface area (Å²) in [6, 6.07) is 17.6. The summed E-state index contributed by atoms with van der Waals surface area (Å²) in [6.45, 7) is 3.97. The molecule has 1 N–H and O–H groups in total. The molecule has 0 aliphatic rings. The Morgan fingerprint density at radius 1 is 0.964 bits per heavy atom. The fourth-order valence-corrected chi connectivity index (χ4v) is 3.16. The molecule has 0 spiro atoms. The summed E-state index contributed by atoms with van der Waals surface area (Å²) in [5.74, 6) is -0.885. The highest BCUT2D eigenvalue weighted by Crippen LogP contribution is 2.15. The number of nitrogens with zero attached hydrogens (tertiary/aromatic N) is 1. The van der Waals surface area contributed by atoms with Gasteiger partial charge in [0, 0.05) is 18.6 Å². The summed E-state index contributed by atoms with van der Waals surface area (Å²) < 4.78 is 11.3. The second-order valence-corrected chi connectivity index (χ2v) is 6.68. The number of aromatic nitrogens is 1. The zero-order valence-corrected chi connectivity index (χ0v) is 16.1. The van der Waals surface area contributed by atoms with Crippen LogP contribution in [0.3, 0.4) is 0 Å². The van der Waals surface area contributed by atoms with E-state index in [1.165, 1.54) is 0 Å². The predicted octanol–water partition coefficient (Wildman–Crippen LogP) is 4.41. The molecule has 0 amide bonds. The molecule has 0 bridgehead atoms. The van der Waals surface area contributed by atoms with Crippen molar-refractivity contribution < 1.29 is 19.4 Å². The van der Waals surface area contributed by atoms with Gasteiger partial charge in [0.1, 0.15) is 0 Å². The number of aromatic carboxylic acids is 1. The maximum Gasteiger partial charge on any atom is 0.336 e. The molecule has 28 heavy (non-hydrogen) atoms. The minimum atomic E-state index is -0.885. The second kappa shape index (κ2) is 9.97. The van der Waals surface area contributed by atoms with Crippen LogP contribution < -0.4 is 0 Å². The number of pyridine rings is 1. The number of hydrogen-bond donors (Lipinski definition) is 1. The Bertz CT molecular complexity index is 939. The summed E-state index contributed by atoms with van der Waals surface area (Å²) in [7, 11) is 0. The molecule has 0 atom stereocenters. The van der Waals surface area contributed by atoms with E-state index >= 15 is 0 Å². The first-order valence-corrected chi connectivity index (χ1v) is 9.47. The number of ether oxygens (including phenoxy) is 2. The summed E-state index contributed by atoms with van der Waals surface area (Å²) in [5, 5.41) is 10.5. The lowest BCUT2D eigenvalue weighted by Gasteiger charge is -2.09. The van der Waals surface area contributed by atoms with Crippen molar-refractivity contribution in [3.8, 4) is 0 Å². The van der Waals surface area contributed by atoms with Crippen LogP contribution in [0.2, 0.25) is 0 Å². The number of carbonyl (C=O) groups is 1. The van der Waals surface area contributed by atoms with Gasteiger partial charge in [-0.3, -0.25) is 4.98 Å². The van der Waals surface area contributed by atoms with Crippen molar-refractivity contribution in [2.24, 2.45) is 0 Å². The average Bonchev–Trinajstić information content (AvgIpc) is 2.69. The first-order valence-electron chi connectivity index (χ1n) is 9.47. The zero-order valence-electron chi connectivity index (χ0n) is 16.1. The van der Waals surface area contributed by atoms with Crippen molar-refractivity contribution in [1.29, 1.82) is 0 Å². The first kappa shape index (κ1) is 20.0. The number of fused-ring (bicyclic) bond motifs is 1. The van der Waals surface area contributed by atoms with Gasteiger partial charge in [0.2, 0.25) is 0 Å². The van der Waals surface area contributed by atoms with Gasteiger partial charge in [0.15, 0.2) is 0 Å². The summed E-state index contributed by atoms with van der Waals surface area (Å²) >= 11 is 0. The third kappa shape index (κ3) is 5.38. The minimum absolute atomic E-state index is 0.386. The Hall–Kier alpha value is -2.76. The van der Waals surface area contributed by atoms with E-state index in [1.54, 1.807) is 0 Å². The van der Waals surface area contributed by atoms with Crippen LogP contribution >= 0.6 is 0 Å². The number of hydrogen-bond acceptors (Lipinski definition) is 4. The number of benzene rings is 2. The maximum atomic E-state index is 11.4. The maximum absolute atomic E-state index is 11.4. The van der Waals surface area contributed by atoms with Gasteiger partial charge in [0.25, 0.3) is 0 Å². The van der Waals surface area contributed by atoms with Crippen molar-refractivity contribution in [3.05, 3.63) is 77.0 Å². The van der Waals surface area contributed by atoms with Gasteiger partial charge >= 0.3 is 5.97 Å². The van der Waals surface area contributed by atoms with E-state index in [2.05, 4.69) is 11.1 Å². The number of carboxylic acid groups (broad SMARTS) is 1. The monoisotopic (exact) mass is 379 g/mol. The van der Waals surface area contributed by atoms with Crippen LogP contribution in [0.25, 0.3) is 10.9 Å². The first-order chi connectivity index (χ1) is 13.6. The summed E-state index contributed by atoms with van der Waals surface area (Å²) in [4.78, 5) is 16.0. The highest BCUT2D eigenvalue weighted by atomic mass is 16.5. The number of carboxylic acids is 1. The van der Waals surface area contributed by atoms with Gasteiger partial charge in [-0.2, -0.15) is 0 Å². The number of rotatable bonds is 10. The van der Waals surface area contributed by atoms with Crippen molar-refractivity contribution in [2.45, 2.75) is 26.4 Å². The zero-order chi connectivity index (χ0) is 19.8. The minimum Gasteiger partial charge on any atom is -0.478 e. The summed E-state index contributed by atoms with van der Waals surface area (Å²) in [5.41, 5.74) is 3.87. The molecule has 146 valence electrons. The SMILES string of the molecule is Cc1cccc(CCOCCCOCc2ccc3ccccc3n2)c1C(=O)O. The fourth-order valence-electron chi connectivity index (χ4n) is 3.16. The highest BCUT2D eigenvalue weighted by molar-refractivity contribution is 5.91. The normalized spacial score (nSPS) is 11.0. The van der Waals surface area contributed by atoms with Crippen molar-refractivity contribution in [3.63, 3.8) is 0 Å². The van der Waals surface area contributed by atoms with Crippen molar-refractivity contribution in [2.75, 3.05) is 19.8 Å². The van der Waals surface area contributed by atoms with E-state index < -0.39 is 5.97 Å². The lowest BCUT2D eigenvalue weighted by atomic mass is 10.00. The molecular formula is C23H25NO4. The molecule has 0 unspecified atom stereocenters. The average molecular weight is 379 g/mol. The lowest BCUT2D eigenvalue weighted by Crippen LogP contribution is -2.09. The predicted molar refractivity (Wildman–Crippen MR) is 109 cm³/mol. The van der Waals surface area contributed by atoms with Crippen LogP contribution in [0.1, 0.15) is 33.6 Å². The largest absolute Gasteiger partial charge is 0.478 e. The molecule has 0 aliphatic carbocycles. The molecule has 3 aromatic rings. The van der Waals surface area contributed by atoms with Crippen LogP contribution in [-0.4, -0.2) is 35.9 Å². The van der Waals surface area contributed by atoms with E-state index in [0.717, 1.165) is 34.1 Å². The molecule has 0 radical (unpaired) electrons. The molecule has 1 heterocycles. The molecule has 3 rings (SSSR count). The number of aryl methyl sites for hydroxylation is 1. The molecular weight excluding hydrogens is 354 g/mol. The Labute approximate surface area is 164 Å². The highest BCUT2D eigenvalue weighted by Gasteiger charge is 2.12. The van der Waals surface area contributed by atoms with Crippen LogP contribution in [0.5, 0.6) is 0 Å². The second-order valence-electron chi connectivity index (χ2n) is 6.68. The summed E-state index contributed by atoms with van der Waals surface area (Å²) in [6.07, 6.45) is 1.37. The van der Waals surface area contributed by atoms with Crippen molar-refractivity contribution in [1.82, 2.24) is 4.98 Å². The molecule has 2 aromatic carbocycles. The van der Waals surface area contributed by atoms with Gasteiger partial charge in [-0.15, -0.1) is 0 Å². The van der Waals surface area contributed by atoms with E-state index in [1.807, 2.05) is 55.5 Å². The smallest absolute Gasteiger partial charge is 0.336 e. The molecule has 0 saturated heterocycles. The van der Waals surface area contributed by atoms with E-state index in [4.69, 9.17) is 9.47 Å². The van der Waals surface area contributed by atoms with Crippen LogP contribution in [0, 0.1) is 6.92 Å². The van der Waals surface area contributed by atoms with Gasteiger partial charge in [0.05, 0.1) is 30.0 Å². The van der Waals surface area contributed by atoms with E-state index in [9.17, 15) is 9.90 Å². The molecule has 0 aliphatic heterocycles. The standard InChI is InChI=1S/C23H25NO4/c1-17-6-4-8-19(22(17)23(25)26)12-15-27-13-5-14-28-16-20-11-10-18-7-2-3-9-21(18)24-20/h2-4,6-11H,5,12-16H2,1H3,(H,25,26). The molecule has 0 saturated carbocycles. The van der Waals surface area contributed by atoms with Crippen molar-refractivity contribution >= 4 is 16.9 Å². The van der Waals surface area contributed by atoms with Gasteiger partial charge in [-0.1, -0.05) is 42.5 Å². The number of para-hydroxylation sites is 1. The Kier molecular flexibility index (Phi) is 7.12. The Morgan fingerprint density at radius 3 is 2.64 bits per heavy atom. The molecule has 1 aromatic heterocycles. The third-order valence-electron chi connectivity index (χ3n) is 4.57. The lowest BCUT2D eigenvalue weighted by molar-refractivity contribution is 0.0691. The van der Waals surface area contributed by atoms with E-state index in [-0.39, 0.29) is 0 Å². The van der Waals surface area contributed by atoms with Crippen LogP contribution in [0.15, 0.2) is 54.6 Å². The van der Waals surface area contributed by atoms with E-state index in [0.29, 0.717) is 38.4 Å². The van der Waals surface area contributed by atoms with Gasteiger partial charge in [-0.25, -0.2) is 4.79 Å². The van der Waals surface area contributed by atoms with Crippen LogP contribution in [0.4, 0.5) is 0 Å². The topological polar surface area (TPSA) is 68.7 Å².